The van der Waals surface area contributed by atoms with Gasteiger partial charge < -0.3 is 9.64 Å². The van der Waals surface area contributed by atoms with Crippen LogP contribution >= 0.6 is 0 Å². The molecule has 0 aliphatic rings. The summed E-state index contributed by atoms with van der Waals surface area (Å²) in [7, 11) is 0. The fraction of sp³-hybridized carbons (Fsp3) is 0.222. The Hall–Kier alpha value is -2.94. The largest absolute Gasteiger partial charge is 0.481 e. The lowest BCUT2D eigenvalue weighted by Gasteiger charge is -2.25. The van der Waals surface area contributed by atoms with Gasteiger partial charge in [-0.15, -0.1) is 0 Å². The van der Waals surface area contributed by atoms with E-state index in [2.05, 4.69) is 0 Å². The van der Waals surface area contributed by atoms with Gasteiger partial charge in [0, 0.05) is 18.3 Å². The number of hydrogen-bond donors (Lipinski definition) is 0. The molecule has 1 atom stereocenters. The van der Waals surface area contributed by atoms with E-state index in [1.54, 1.807) is 38.1 Å². The first-order valence-corrected chi connectivity index (χ1v) is 7.39. The maximum Gasteiger partial charge on any atom is 0.267 e. The third-order valence-electron chi connectivity index (χ3n) is 3.44. The third kappa shape index (κ3) is 3.87. The lowest BCUT2D eigenvalue weighted by Crippen LogP contribution is -2.40. The lowest BCUT2D eigenvalue weighted by atomic mass is 10.2. The first kappa shape index (κ1) is 17.4. The molecule has 1 amide bonds. The highest BCUT2D eigenvalue weighted by Crippen LogP contribution is 2.20. The highest BCUT2D eigenvalue weighted by molar-refractivity contribution is 5.96. The monoisotopic (exact) mass is 330 g/mol. The number of likely N-dealkylation sites (N-methyl/N-ethyl adjacent to an activating group) is 1. The predicted molar refractivity (Wildman–Crippen MR) is 85.6 cm³/mol. The van der Waals surface area contributed by atoms with Crippen LogP contribution in [0.25, 0.3) is 0 Å². The Morgan fingerprint density at radius 2 is 1.88 bits per heavy atom. The Balaban J connectivity index is 2.14. The lowest BCUT2D eigenvalue weighted by molar-refractivity contribution is -0.124. The van der Waals surface area contributed by atoms with Crippen LogP contribution in [0.1, 0.15) is 19.4 Å². The van der Waals surface area contributed by atoms with Gasteiger partial charge in [0.2, 0.25) is 0 Å². The molecule has 0 spiro atoms. The Labute approximate surface area is 138 Å². The summed E-state index contributed by atoms with van der Waals surface area (Å²) in [5, 5.41) is 8.76. The van der Waals surface area contributed by atoms with Gasteiger partial charge in [-0.25, -0.2) is 8.78 Å². The van der Waals surface area contributed by atoms with Crippen molar-refractivity contribution in [3.63, 3.8) is 0 Å². The van der Waals surface area contributed by atoms with Crippen molar-refractivity contribution in [2.75, 3.05) is 11.4 Å². The molecule has 2 aromatic carbocycles. The molecule has 0 aliphatic carbocycles. The summed E-state index contributed by atoms with van der Waals surface area (Å²) in [6.45, 7) is 3.58. The second kappa shape index (κ2) is 7.55. The van der Waals surface area contributed by atoms with Crippen LogP contribution in [0.3, 0.4) is 0 Å². The van der Waals surface area contributed by atoms with Crippen molar-refractivity contribution in [3.8, 4) is 11.8 Å². The SMILES string of the molecule is CCN(C(=O)C(C)Oc1ccc(C#N)cc1)c1ccc(F)c(F)c1. The topological polar surface area (TPSA) is 53.3 Å². The average Bonchev–Trinajstić information content (AvgIpc) is 2.59. The van der Waals surface area contributed by atoms with Crippen LogP contribution in [0.2, 0.25) is 0 Å². The maximum absolute atomic E-state index is 13.4. The number of nitriles is 1. The molecule has 0 heterocycles. The van der Waals surface area contributed by atoms with Gasteiger partial charge in [-0.3, -0.25) is 4.79 Å². The second-order valence-electron chi connectivity index (χ2n) is 5.08. The van der Waals surface area contributed by atoms with E-state index in [1.807, 2.05) is 6.07 Å². The number of ether oxygens (including phenoxy) is 1. The molecule has 0 aromatic heterocycles. The number of halogens is 2. The zero-order valence-electron chi connectivity index (χ0n) is 13.3. The van der Waals surface area contributed by atoms with E-state index in [0.717, 1.165) is 12.1 Å². The molecule has 2 rings (SSSR count). The van der Waals surface area contributed by atoms with Crippen LogP contribution < -0.4 is 9.64 Å². The van der Waals surface area contributed by atoms with Gasteiger partial charge in [0.25, 0.3) is 5.91 Å². The summed E-state index contributed by atoms with van der Waals surface area (Å²) in [5.74, 6) is -1.92. The van der Waals surface area contributed by atoms with Crippen molar-refractivity contribution >= 4 is 11.6 Å². The molecule has 1 unspecified atom stereocenters. The first-order chi connectivity index (χ1) is 11.5. The van der Waals surface area contributed by atoms with Crippen molar-refractivity contribution < 1.29 is 18.3 Å². The van der Waals surface area contributed by atoms with Crippen molar-refractivity contribution in [3.05, 3.63) is 59.7 Å². The minimum atomic E-state index is -1.01. The minimum Gasteiger partial charge on any atom is -0.481 e. The number of nitrogens with zero attached hydrogens (tertiary/aromatic N) is 2. The highest BCUT2D eigenvalue weighted by atomic mass is 19.2. The highest BCUT2D eigenvalue weighted by Gasteiger charge is 2.23. The summed E-state index contributed by atoms with van der Waals surface area (Å²) >= 11 is 0. The molecular formula is C18H16F2N2O2. The van der Waals surface area contributed by atoms with Crippen LogP contribution in [-0.2, 0) is 4.79 Å². The minimum absolute atomic E-state index is 0.261. The first-order valence-electron chi connectivity index (χ1n) is 7.39. The number of rotatable bonds is 5. The van der Waals surface area contributed by atoms with Gasteiger partial charge in [-0.05, 0) is 50.2 Å². The Morgan fingerprint density at radius 3 is 2.42 bits per heavy atom. The zero-order valence-corrected chi connectivity index (χ0v) is 13.3. The van der Waals surface area contributed by atoms with Crippen molar-refractivity contribution in [2.45, 2.75) is 20.0 Å². The molecule has 4 nitrogen and oxygen atoms in total. The van der Waals surface area contributed by atoms with Crippen molar-refractivity contribution in [1.82, 2.24) is 0 Å². The summed E-state index contributed by atoms with van der Waals surface area (Å²) in [6, 6.07) is 11.6. The van der Waals surface area contributed by atoms with E-state index in [-0.39, 0.29) is 18.1 Å². The molecule has 0 fully saturated rings. The van der Waals surface area contributed by atoms with Crippen LogP contribution in [0.4, 0.5) is 14.5 Å². The predicted octanol–water partition coefficient (Wildman–Crippen LogP) is 3.66. The zero-order chi connectivity index (χ0) is 17.7. The van der Waals surface area contributed by atoms with Gasteiger partial charge in [0.15, 0.2) is 17.7 Å². The standard InChI is InChI=1S/C18H16F2N2O2/c1-3-22(14-6-9-16(19)17(20)10-14)18(23)12(2)24-15-7-4-13(11-21)5-8-15/h4-10,12H,3H2,1-2H3. The number of hydrogen-bond acceptors (Lipinski definition) is 3. The smallest absolute Gasteiger partial charge is 0.267 e. The number of amides is 1. The molecule has 0 N–H and O–H groups in total. The Bertz CT molecular complexity index is 770. The van der Waals surface area contributed by atoms with E-state index in [1.165, 1.54) is 11.0 Å². The molecule has 2 aromatic rings. The normalized spacial score (nSPS) is 11.5. The average molecular weight is 330 g/mol. The van der Waals surface area contributed by atoms with Gasteiger partial charge >= 0.3 is 0 Å². The van der Waals surface area contributed by atoms with E-state index < -0.39 is 17.7 Å². The summed E-state index contributed by atoms with van der Waals surface area (Å²) in [5.41, 5.74) is 0.745. The van der Waals surface area contributed by atoms with Crippen LogP contribution in [-0.4, -0.2) is 18.6 Å². The fourth-order valence-electron chi connectivity index (χ4n) is 2.20. The van der Waals surface area contributed by atoms with Gasteiger partial charge in [0.1, 0.15) is 5.75 Å². The molecule has 6 heteroatoms. The molecule has 0 saturated heterocycles. The molecule has 0 bridgehead atoms. The van der Waals surface area contributed by atoms with Crippen molar-refractivity contribution in [1.29, 1.82) is 5.26 Å². The summed E-state index contributed by atoms with van der Waals surface area (Å²) in [6.07, 6.45) is -0.828. The molecule has 0 saturated carbocycles. The van der Waals surface area contributed by atoms with E-state index >= 15 is 0 Å². The van der Waals surface area contributed by atoms with Gasteiger partial charge in [-0.2, -0.15) is 5.26 Å². The van der Waals surface area contributed by atoms with Gasteiger partial charge in [0.05, 0.1) is 11.6 Å². The maximum atomic E-state index is 13.4. The van der Waals surface area contributed by atoms with Crippen LogP contribution in [0.15, 0.2) is 42.5 Å². The Morgan fingerprint density at radius 1 is 1.21 bits per heavy atom. The summed E-state index contributed by atoms with van der Waals surface area (Å²) < 4.78 is 32.0. The van der Waals surface area contributed by atoms with Crippen LogP contribution in [0, 0.1) is 23.0 Å². The van der Waals surface area contributed by atoms with Crippen LogP contribution in [0.5, 0.6) is 5.75 Å². The fourth-order valence-corrected chi connectivity index (χ4v) is 2.20. The molecule has 0 aliphatic heterocycles. The van der Waals surface area contributed by atoms with E-state index in [0.29, 0.717) is 11.3 Å². The number of carbonyl (C=O) groups is 1. The van der Waals surface area contributed by atoms with E-state index in [4.69, 9.17) is 10.00 Å². The van der Waals surface area contributed by atoms with Gasteiger partial charge in [-0.1, -0.05) is 0 Å². The van der Waals surface area contributed by atoms with E-state index in [9.17, 15) is 13.6 Å². The molecule has 0 radical (unpaired) electrons. The number of anilines is 1. The molecule has 24 heavy (non-hydrogen) atoms. The van der Waals surface area contributed by atoms with Crippen molar-refractivity contribution in [2.24, 2.45) is 0 Å². The number of carbonyl (C=O) groups excluding carboxylic acids is 1. The summed E-state index contributed by atoms with van der Waals surface area (Å²) in [4.78, 5) is 13.8. The number of benzene rings is 2. The quantitative estimate of drug-likeness (QED) is 0.841. The second-order valence-corrected chi connectivity index (χ2v) is 5.08. The molecular weight excluding hydrogens is 314 g/mol. The molecule has 124 valence electrons. The Kier molecular flexibility index (Phi) is 5.48. The third-order valence-corrected chi connectivity index (χ3v) is 3.44.